The molecular formula is C13H11F3O7. The molecule has 0 aliphatic carbocycles. The number of methoxy groups -OCH3 is 1. The van der Waals surface area contributed by atoms with Gasteiger partial charge in [-0.05, 0) is 0 Å². The van der Waals surface area contributed by atoms with Crippen LogP contribution in [0.3, 0.4) is 0 Å². The van der Waals surface area contributed by atoms with Crippen molar-refractivity contribution in [3.05, 3.63) is 12.2 Å². The van der Waals surface area contributed by atoms with E-state index in [0.717, 1.165) is 7.11 Å². The molecule has 3 rings (SSSR count). The highest BCUT2D eigenvalue weighted by atomic mass is 19.4. The first-order valence-electron chi connectivity index (χ1n) is 6.57. The fourth-order valence-electron chi connectivity index (χ4n) is 3.19. The lowest BCUT2D eigenvalue weighted by molar-refractivity contribution is -0.167. The monoisotopic (exact) mass is 336 g/mol. The summed E-state index contributed by atoms with van der Waals surface area (Å²) < 4.78 is 57.2. The third kappa shape index (κ3) is 2.19. The predicted molar refractivity (Wildman–Crippen MR) is 62.6 cm³/mol. The van der Waals surface area contributed by atoms with Crippen LogP contribution in [-0.4, -0.2) is 55.6 Å². The standard InChI is InChI=1S/C13H11F3O7/c1-3(13(14,15)16)10(17)22-8-6-4(11(18)20-2)5-7(21-6)9(8)23-12(5)19/h4-9H,1H2,2H3/t4-,5?,6?,7?,8?,9?/m0/s1. The van der Waals surface area contributed by atoms with Crippen LogP contribution < -0.4 is 0 Å². The second-order valence-corrected chi connectivity index (χ2v) is 5.39. The number of esters is 3. The zero-order valence-electron chi connectivity index (χ0n) is 11.7. The summed E-state index contributed by atoms with van der Waals surface area (Å²) in [7, 11) is 1.10. The number of ether oxygens (including phenoxy) is 4. The Morgan fingerprint density at radius 3 is 2.43 bits per heavy atom. The molecule has 3 aliphatic rings. The smallest absolute Gasteiger partial charge is 0.422 e. The third-order valence-corrected chi connectivity index (χ3v) is 4.21. The zero-order chi connectivity index (χ0) is 17.1. The number of fused-ring (bicyclic) bond motifs is 1. The van der Waals surface area contributed by atoms with E-state index in [4.69, 9.17) is 14.2 Å². The highest BCUT2D eigenvalue weighted by Gasteiger charge is 2.72. The summed E-state index contributed by atoms with van der Waals surface area (Å²) in [5.74, 6) is -5.21. The summed E-state index contributed by atoms with van der Waals surface area (Å²) >= 11 is 0. The molecule has 126 valence electrons. The average molecular weight is 336 g/mol. The molecule has 3 saturated heterocycles. The highest BCUT2D eigenvalue weighted by Crippen LogP contribution is 2.51. The average Bonchev–Trinajstić information content (AvgIpc) is 3.07. The van der Waals surface area contributed by atoms with E-state index in [0.29, 0.717) is 0 Å². The minimum atomic E-state index is -4.95. The first-order chi connectivity index (χ1) is 10.7. The first kappa shape index (κ1) is 15.8. The van der Waals surface area contributed by atoms with E-state index >= 15 is 0 Å². The van der Waals surface area contributed by atoms with Gasteiger partial charge >= 0.3 is 24.1 Å². The minimum Gasteiger partial charge on any atom is -0.469 e. The lowest BCUT2D eigenvalue weighted by Gasteiger charge is -2.27. The van der Waals surface area contributed by atoms with E-state index in [-0.39, 0.29) is 0 Å². The van der Waals surface area contributed by atoms with Crippen molar-refractivity contribution in [2.75, 3.05) is 7.11 Å². The number of hydrogen-bond acceptors (Lipinski definition) is 7. The van der Waals surface area contributed by atoms with Crippen molar-refractivity contribution in [1.82, 2.24) is 0 Å². The van der Waals surface area contributed by atoms with Crippen LogP contribution >= 0.6 is 0 Å². The largest absolute Gasteiger partial charge is 0.469 e. The number of carbonyl (C=O) groups is 3. The lowest BCUT2D eigenvalue weighted by Crippen LogP contribution is -2.48. The predicted octanol–water partition coefficient (Wildman–Crippen LogP) is 0.128. The van der Waals surface area contributed by atoms with Crippen LogP contribution in [-0.2, 0) is 33.3 Å². The van der Waals surface area contributed by atoms with Gasteiger partial charge in [0.15, 0.2) is 12.2 Å². The Morgan fingerprint density at radius 2 is 1.87 bits per heavy atom. The Morgan fingerprint density at radius 1 is 1.22 bits per heavy atom. The van der Waals surface area contributed by atoms with Gasteiger partial charge in [0, 0.05) is 0 Å². The maximum atomic E-state index is 12.5. The van der Waals surface area contributed by atoms with Gasteiger partial charge in [0.05, 0.1) is 7.11 Å². The molecular weight excluding hydrogens is 325 g/mol. The molecule has 3 heterocycles. The van der Waals surface area contributed by atoms with Gasteiger partial charge < -0.3 is 18.9 Å². The maximum absolute atomic E-state index is 12.5. The van der Waals surface area contributed by atoms with Crippen molar-refractivity contribution in [3.8, 4) is 0 Å². The molecule has 0 aromatic heterocycles. The molecule has 3 fully saturated rings. The first-order valence-corrected chi connectivity index (χ1v) is 6.57. The van der Waals surface area contributed by atoms with Crippen LogP contribution in [0.4, 0.5) is 13.2 Å². The van der Waals surface area contributed by atoms with Gasteiger partial charge in [-0.1, -0.05) is 6.58 Å². The minimum absolute atomic E-state index is 0.730. The van der Waals surface area contributed by atoms with Crippen LogP contribution in [0, 0.1) is 11.8 Å². The molecule has 0 aromatic carbocycles. The summed E-state index contributed by atoms with van der Waals surface area (Å²) in [6, 6.07) is 0. The van der Waals surface area contributed by atoms with Gasteiger partial charge in [-0.25, -0.2) is 4.79 Å². The van der Waals surface area contributed by atoms with Crippen molar-refractivity contribution in [2.45, 2.75) is 30.6 Å². The molecule has 6 atom stereocenters. The number of rotatable bonds is 3. The van der Waals surface area contributed by atoms with Gasteiger partial charge in [0.25, 0.3) is 0 Å². The van der Waals surface area contributed by atoms with E-state index in [2.05, 4.69) is 11.3 Å². The van der Waals surface area contributed by atoms with Gasteiger partial charge in [0.1, 0.15) is 29.6 Å². The molecule has 0 aromatic rings. The summed E-state index contributed by atoms with van der Waals surface area (Å²) in [5.41, 5.74) is -1.70. The van der Waals surface area contributed by atoms with Crippen molar-refractivity contribution < 1.29 is 46.5 Å². The van der Waals surface area contributed by atoms with Crippen molar-refractivity contribution in [3.63, 3.8) is 0 Å². The number of carbonyl (C=O) groups excluding carboxylic acids is 3. The Labute approximate surface area is 127 Å². The van der Waals surface area contributed by atoms with Crippen molar-refractivity contribution in [2.24, 2.45) is 11.8 Å². The third-order valence-electron chi connectivity index (χ3n) is 4.21. The van der Waals surface area contributed by atoms with Crippen molar-refractivity contribution in [1.29, 1.82) is 0 Å². The Bertz CT molecular complexity index is 599. The molecule has 0 N–H and O–H groups in total. The topological polar surface area (TPSA) is 88.1 Å². The summed E-state index contributed by atoms with van der Waals surface area (Å²) in [6.07, 6.45) is -9.26. The fourth-order valence-corrected chi connectivity index (χ4v) is 3.19. The van der Waals surface area contributed by atoms with Crippen LogP contribution in [0.5, 0.6) is 0 Å². The molecule has 5 unspecified atom stereocenters. The van der Waals surface area contributed by atoms with Crippen LogP contribution in [0.25, 0.3) is 0 Å². The number of alkyl halides is 3. The summed E-state index contributed by atoms with van der Waals surface area (Å²) in [4.78, 5) is 35.2. The quantitative estimate of drug-likeness (QED) is 0.411. The Balaban J connectivity index is 1.82. The molecule has 23 heavy (non-hydrogen) atoms. The van der Waals surface area contributed by atoms with E-state index in [9.17, 15) is 27.6 Å². The molecule has 7 nitrogen and oxygen atoms in total. The van der Waals surface area contributed by atoms with E-state index < -0.39 is 65.9 Å². The second kappa shape index (κ2) is 4.95. The lowest BCUT2D eigenvalue weighted by atomic mass is 9.78. The van der Waals surface area contributed by atoms with E-state index in [1.165, 1.54) is 0 Å². The van der Waals surface area contributed by atoms with Crippen molar-refractivity contribution >= 4 is 17.9 Å². The molecule has 2 bridgehead atoms. The highest BCUT2D eigenvalue weighted by molar-refractivity contribution is 5.90. The SMILES string of the molecule is C=C(C(=O)OC1C2OC(=O)C3C2OC1[C@H]3C(=O)OC)C(F)(F)F. The molecule has 0 amide bonds. The van der Waals surface area contributed by atoms with Gasteiger partial charge in [-0.15, -0.1) is 0 Å². The molecule has 0 radical (unpaired) electrons. The van der Waals surface area contributed by atoms with Gasteiger partial charge in [-0.3, -0.25) is 9.59 Å². The van der Waals surface area contributed by atoms with Gasteiger partial charge in [0.2, 0.25) is 0 Å². The van der Waals surface area contributed by atoms with Crippen LogP contribution in [0.2, 0.25) is 0 Å². The van der Waals surface area contributed by atoms with E-state index in [1.807, 2.05) is 0 Å². The number of hydrogen-bond donors (Lipinski definition) is 0. The Hall–Kier alpha value is -2.10. The maximum Gasteiger partial charge on any atom is 0.422 e. The van der Waals surface area contributed by atoms with Gasteiger partial charge in [-0.2, -0.15) is 13.2 Å². The van der Waals surface area contributed by atoms with Crippen LogP contribution in [0.1, 0.15) is 0 Å². The second-order valence-electron chi connectivity index (χ2n) is 5.39. The molecule has 3 aliphatic heterocycles. The molecule has 10 heteroatoms. The number of halogens is 3. The zero-order valence-corrected chi connectivity index (χ0v) is 11.7. The van der Waals surface area contributed by atoms with Crippen LogP contribution in [0.15, 0.2) is 12.2 Å². The summed E-state index contributed by atoms with van der Waals surface area (Å²) in [6.45, 7) is 2.64. The fraction of sp³-hybridized carbons (Fsp3) is 0.615. The van der Waals surface area contributed by atoms with E-state index in [1.54, 1.807) is 0 Å². The molecule has 0 saturated carbocycles. The summed E-state index contributed by atoms with van der Waals surface area (Å²) in [5, 5.41) is 0. The molecule has 0 spiro atoms. The normalized spacial score (nSPS) is 37.5. The Kier molecular flexibility index (Phi) is 3.40.